The second kappa shape index (κ2) is 6.47. The average Bonchev–Trinajstić information content (AvgIpc) is 2.67. The van der Waals surface area contributed by atoms with Crippen molar-refractivity contribution < 1.29 is 14.4 Å². The third-order valence-corrected chi connectivity index (χ3v) is 1.80. The van der Waals surface area contributed by atoms with Gasteiger partial charge in [0.1, 0.15) is 0 Å². The number of nitrogens with zero attached hydrogens (tertiary/aromatic N) is 3. The zero-order chi connectivity index (χ0) is 10.2. The molecule has 0 aliphatic heterocycles. The van der Waals surface area contributed by atoms with Crippen molar-refractivity contribution in [2.75, 3.05) is 33.4 Å². The topological polar surface area (TPSA) is 71.6 Å². The standard InChI is InChI=1S/C8H15N3O3/c1-13-5-3-11(2-4-12)6-8-9-7-14-10-8/h7,12H,2-6H2,1H3. The van der Waals surface area contributed by atoms with Crippen LogP contribution in [0.1, 0.15) is 5.82 Å². The Labute approximate surface area is 82.5 Å². The Morgan fingerprint density at radius 2 is 2.43 bits per heavy atom. The molecule has 1 aromatic rings. The molecule has 1 N–H and O–H groups in total. The first-order valence-electron chi connectivity index (χ1n) is 4.44. The Bertz CT molecular complexity index is 228. The lowest BCUT2D eigenvalue weighted by Crippen LogP contribution is -2.30. The second-order valence-electron chi connectivity index (χ2n) is 2.84. The van der Waals surface area contributed by atoms with Crippen LogP contribution in [-0.2, 0) is 11.3 Å². The molecule has 0 aliphatic carbocycles. The van der Waals surface area contributed by atoms with E-state index in [9.17, 15) is 0 Å². The highest BCUT2D eigenvalue weighted by Gasteiger charge is 2.07. The normalized spacial score (nSPS) is 11.1. The number of aliphatic hydroxyl groups is 1. The largest absolute Gasteiger partial charge is 0.395 e. The molecule has 1 aromatic heterocycles. The maximum absolute atomic E-state index is 8.82. The number of aromatic nitrogens is 2. The van der Waals surface area contributed by atoms with Gasteiger partial charge in [0.05, 0.1) is 19.8 Å². The predicted molar refractivity (Wildman–Crippen MR) is 48.5 cm³/mol. The van der Waals surface area contributed by atoms with Crippen molar-refractivity contribution in [1.29, 1.82) is 0 Å². The third kappa shape index (κ3) is 3.82. The molecular weight excluding hydrogens is 186 g/mol. The minimum absolute atomic E-state index is 0.113. The van der Waals surface area contributed by atoms with Gasteiger partial charge in [0, 0.05) is 20.2 Å². The second-order valence-corrected chi connectivity index (χ2v) is 2.84. The minimum Gasteiger partial charge on any atom is -0.395 e. The number of ether oxygens (including phenoxy) is 1. The van der Waals surface area contributed by atoms with Gasteiger partial charge in [-0.15, -0.1) is 0 Å². The molecule has 0 saturated heterocycles. The van der Waals surface area contributed by atoms with Gasteiger partial charge in [0.25, 0.3) is 0 Å². The van der Waals surface area contributed by atoms with Crippen molar-refractivity contribution in [3.05, 3.63) is 12.2 Å². The summed E-state index contributed by atoms with van der Waals surface area (Å²) in [6, 6.07) is 0. The average molecular weight is 201 g/mol. The molecule has 0 fully saturated rings. The summed E-state index contributed by atoms with van der Waals surface area (Å²) in [5.74, 6) is 0.620. The van der Waals surface area contributed by atoms with E-state index in [1.54, 1.807) is 7.11 Å². The summed E-state index contributed by atoms with van der Waals surface area (Å²) in [4.78, 5) is 5.90. The van der Waals surface area contributed by atoms with Crippen LogP contribution in [0.5, 0.6) is 0 Å². The van der Waals surface area contributed by atoms with Crippen LogP contribution < -0.4 is 0 Å². The molecular formula is C8H15N3O3. The van der Waals surface area contributed by atoms with Crippen LogP contribution in [0.15, 0.2) is 10.9 Å². The van der Waals surface area contributed by atoms with Gasteiger partial charge in [-0.05, 0) is 0 Å². The number of hydrogen-bond donors (Lipinski definition) is 1. The third-order valence-electron chi connectivity index (χ3n) is 1.80. The molecule has 0 radical (unpaired) electrons. The Kier molecular flexibility index (Phi) is 5.13. The maximum atomic E-state index is 8.82. The number of aliphatic hydroxyl groups excluding tert-OH is 1. The summed E-state index contributed by atoms with van der Waals surface area (Å²) in [7, 11) is 1.64. The van der Waals surface area contributed by atoms with Crippen molar-refractivity contribution in [3.8, 4) is 0 Å². The van der Waals surface area contributed by atoms with Crippen LogP contribution in [0.25, 0.3) is 0 Å². The highest BCUT2D eigenvalue weighted by Crippen LogP contribution is 1.97. The van der Waals surface area contributed by atoms with Crippen LogP contribution in [0, 0.1) is 0 Å². The molecule has 0 saturated carbocycles. The monoisotopic (exact) mass is 201 g/mol. The lowest BCUT2D eigenvalue weighted by atomic mass is 10.4. The Hall–Kier alpha value is -0.980. The first-order valence-corrected chi connectivity index (χ1v) is 4.44. The fraction of sp³-hybridized carbons (Fsp3) is 0.750. The van der Waals surface area contributed by atoms with Gasteiger partial charge in [0.15, 0.2) is 5.82 Å². The van der Waals surface area contributed by atoms with E-state index in [-0.39, 0.29) is 6.61 Å². The van der Waals surface area contributed by atoms with Gasteiger partial charge in [-0.2, -0.15) is 4.98 Å². The van der Waals surface area contributed by atoms with Crippen LogP contribution in [0.2, 0.25) is 0 Å². The summed E-state index contributed by atoms with van der Waals surface area (Å²) < 4.78 is 9.57. The SMILES string of the molecule is COCCN(CCO)Cc1ncon1. The van der Waals surface area contributed by atoms with Gasteiger partial charge in [-0.25, -0.2) is 0 Å². The zero-order valence-electron chi connectivity index (χ0n) is 8.22. The summed E-state index contributed by atoms with van der Waals surface area (Å²) in [5, 5.41) is 12.5. The highest BCUT2D eigenvalue weighted by atomic mass is 16.5. The van der Waals surface area contributed by atoms with Gasteiger partial charge in [0.2, 0.25) is 6.39 Å². The van der Waals surface area contributed by atoms with Gasteiger partial charge in [-0.1, -0.05) is 5.16 Å². The first kappa shape index (κ1) is 11.1. The predicted octanol–water partition coefficient (Wildman–Crippen LogP) is -0.490. The van der Waals surface area contributed by atoms with Crippen molar-refractivity contribution in [3.63, 3.8) is 0 Å². The van der Waals surface area contributed by atoms with E-state index < -0.39 is 0 Å². The van der Waals surface area contributed by atoms with E-state index in [1.807, 2.05) is 4.90 Å². The molecule has 0 aromatic carbocycles. The lowest BCUT2D eigenvalue weighted by molar-refractivity contribution is 0.124. The fourth-order valence-electron chi connectivity index (χ4n) is 1.09. The van der Waals surface area contributed by atoms with Crippen molar-refractivity contribution in [2.45, 2.75) is 6.54 Å². The number of methoxy groups -OCH3 is 1. The smallest absolute Gasteiger partial charge is 0.213 e. The van der Waals surface area contributed by atoms with E-state index in [4.69, 9.17) is 9.84 Å². The minimum atomic E-state index is 0.113. The van der Waals surface area contributed by atoms with Crippen LogP contribution in [-0.4, -0.2) is 53.6 Å². The zero-order valence-corrected chi connectivity index (χ0v) is 8.22. The molecule has 0 aliphatic rings. The molecule has 0 amide bonds. The summed E-state index contributed by atoms with van der Waals surface area (Å²) >= 11 is 0. The van der Waals surface area contributed by atoms with Crippen LogP contribution >= 0.6 is 0 Å². The summed E-state index contributed by atoms with van der Waals surface area (Å²) in [5.41, 5.74) is 0. The fourth-order valence-corrected chi connectivity index (χ4v) is 1.09. The summed E-state index contributed by atoms with van der Waals surface area (Å²) in [6.07, 6.45) is 1.29. The van der Waals surface area contributed by atoms with Gasteiger partial charge in [-0.3, -0.25) is 4.90 Å². The lowest BCUT2D eigenvalue weighted by Gasteiger charge is -2.18. The van der Waals surface area contributed by atoms with Gasteiger partial charge < -0.3 is 14.4 Å². The quantitative estimate of drug-likeness (QED) is 0.642. The number of hydrogen-bond acceptors (Lipinski definition) is 6. The Morgan fingerprint density at radius 1 is 1.57 bits per heavy atom. The van der Waals surface area contributed by atoms with E-state index in [0.717, 1.165) is 6.54 Å². The molecule has 14 heavy (non-hydrogen) atoms. The molecule has 1 heterocycles. The molecule has 0 atom stereocenters. The molecule has 0 unspecified atom stereocenters. The van der Waals surface area contributed by atoms with E-state index in [0.29, 0.717) is 25.5 Å². The Balaban J connectivity index is 2.34. The van der Waals surface area contributed by atoms with Crippen molar-refractivity contribution in [1.82, 2.24) is 15.0 Å². The van der Waals surface area contributed by atoms with Crippen LogP contribution in [0.3, 0.4) is 0 Å². The first-order chi connectivity index (χ1) is 6.86. The molecule has 1 rings (SSSR count). The van der Waals surface area contributed by atoms with Gasteiger partial charge >= 0.3 is 0 Å². The molecule has 6 heteroatoms. The van der Waals surface area contributed by atoms with E-state index in [2.05, 4.69) is 14.7 Å². The van der Waals surface area contributed by atoms with Crippen molar-refractivity contribution in [2.24, 2.45) is 0 Å². The van der Waals surface area contributed by atoms with E-state index >= 15 is 0 Å². The molecule has 0 spiro atoms. The molecule has 6 nitrogen and oxygen atoms in total. The van der Waals surface area contributed by atoms with E-state index in [1.165, 1.54) is 6.39 Å². The summed E-state index contributed by atoms with van der Waals surface area (Å²) in [6.45, 7) is 2.63. The highest BCUT2D eigenvalue weighted by molar-refractivity contribution is 4.77. The molecule has 0 bridgehead atoms. The Morgan fingerprint density at radius 3 is 3.00 bits per heavy atom. The maximum Gasteiger partial charge on any atom is 0.213 e. The van der Waals surface area contributed by atoms with Crippen molar-refractivity contribution >= 4 is 0 Å². The van der Waals surface area contributed by atoms with Crippen LogP contribution in [0.4, 0.5) is 0 Å². The number of rotatable bonds is 7. The molecule has 80 valence electrons.